The minimum absolute atomic E-state index is 0.116. The summed E-state index contributed by atoms with van der Waals surface area (Å²) in [6.07, 6.45) is 7.49. The van der Waals surface area contributed by atoms with E-state index in [1.807, 2.05) is 30.4 Å². The molecule has 2 aromatic carbocycles. The second-order valence-corrected chi connectivity index (χ2v) is 6.87. The molecule has 1 amide bonds. The molecule has 0 aromatic heterocycles. The van der Waals surface area contributed by atoms with Crippen molar-refractivity contribution in [2.24, 2.45) is 5.10 Å². The summed E-state index contributed by atoms with van der Waals surface area (Å²) in [7, 11) is 2.07. The average Bonchev–Trinajstić information content (AvgIpc) is 2.92. The van der Waals surface area contributed by atoms with Crippen LogP contribution in [-0.2, 0) is 5.41 Å². The molecule has 1 aliphatic heterocycles. The van der Waals surface area contributed by atoms with Gasteiger partial charge in [0.25, 0.3) is 5.91 Å². The Balaban J connectivity index is 1.81. The highest BCUT2D eigenvalue weighted by atomic mass is 16.2. The van der Waals surface area contributed by atoms with Gasteiger partial charge in [0.2, 0.25) is 0 Å². The lowest BCUT2D eigenvalue weighted by molar-refractivity contribution is 0.0955. The van der Waals surface area contributed by atoms with Gasteiger partial charge in [-0.2, -0.15) is 5.10 Å². The number of para-hydroxylation sites is 1. The highest BCUT2D eigenvalue weighted by molar-refractivity contribution is 5.94. The molecule has 2 aromatic rings. The second kappa shape index (κ2) is 8.04. The Morgan fingerprint density at radius 1 is 1.19 bits per heavy atom. The third-order valence-electron chi connectivity index (χ3n) is 5.14. The molecule has 0 aliphatic carbocycles. The maximum absolute atomic E-state index is 12.1. The number of hydrogen-bond donors (Lipinski definition) is 1. The van der Waals surface area contributed by atoms with Crippen LogP contribution in [0.5, 0.6) is 0 Å². The molecular formula is C23H25N3O. The first kappa shape index (κ1) is 18.6. The zero-order chi connectivity index (χ0) is 19.3. The van der Waals surface area contributed by atoms with Crippen molar-refractivity contribution in [1.82, 2.24) is 5.43 Å². The predicted molar refractivity (Wildman–Crippen MR) is 112 cm³/mol. The summed E-state index contributed by atoms with van der Waals surface area (Å²) in [6.45, 7) is 6.12. The maximum atomic E-state index is 12.1. The number of anilines is 1. The number of hydrogen-bond acceptors (Lipinski definition) is 3. The first-order valence-electron chi connectivity index (χ1n) is 9.11. The number of rotatable bonds is 6. The Kier molecular flexibility index (Phi) is 5.55. The van der Waals surface area contributed by atoms with Crippen molar-refractivity contribution in [3.63, 3.8) is 0 Å². The van der Waals surface area contributed by atoms with Gasteiger partial charge in [0, 0.05) is 35.6 Å². The van der Waals surface area contributed by atoms with Crippen molar-refractivity contribution in [1.29, 1.82) is 0 Å². The van der Waals surface area contributed by atoms with Crippen molar-refractivity contribution in [2.45, 2.75) is 25.2 Å². The van der Waals surface area contributed by atoms with E-state index in [9.17, 15) is 4.79 Å². The lowest BCUT2D eigenvalue weighted by Gasteiger charge is -2.28. The summed E-state index contributed by atoms with van der Waals surface area (Å²) in [5.74, 6) is -0.220. The predicted octanol–water partition coefficient (Wildman–Crippen LogP) is 4.66. The molecule has 27 heavy (non-hydrogen) atoms. The van der Waals surface area contributed by atoms with Crippen molar-refractivity contribution < 1.29 is 4.79 Å². The van der Waals surface area contributed by atoms with Crippen LogP contribution >= 0.6 is 0 Å². The summed E-state index contributed by atoms with van der Waals surface area (Å²) in [4.78, 5) is 14.3. The lowest BCUT2D eigenvalue weighted by atomic mass is 9.77. The molecule has 0 radical (unpaired) electrons. The lowest BCUT2D eigenvalue weighted by Crippen LogP contribution is -2.26. The van der Waals surface area contributed by atoms with Crippen LogP contribution in [-0.4, -0.2) is 19.2 Å². The molecule has 4 nitrogen and oxygen atoms in total. The first-order chi connectivity index (χ1) is 13.1. The summed E-state index contributed by atoms with van der Waals surface area (Å²) in [5, 5.41) is 4.11. The fraction of sp³-hybridized carbons (Fsp3) is 0.217. The van der Waals surface area contributed by atoms with Gasteiger partial charge in [-0.05, 0) is 49.6 Å². The topological polar surface area (TPSA) is 44.7 Å². The normalized spacial score (nSPS) is 20.1. The molecule has 1 N–H and O–H groups in total. The van der Waals surface area contributed by atoms with Gasteiger partial charge in [-0.15, -0.1) is 6.58 Å². The Morgan fingerprint density at radius 3 is 2.63 bits per heavy atom. The van der Waals surface area contributed by atoms with E-state index >= 15 is 0 Å². The highest BCUT2D eigenvalue weighted by Gasteiger charge is 2.41. The van der Waals surface area contributed by atoms with Crippen LogP contribution in [0.1, 0.15) is 35.7 Å². The van der Waals surface area contributed by atoms with E-state index in [2.05, 4.69) is 60.2 Å². The van der Waals surface area contributed by atoms with Crippen LogP contribution in [0, 0.1) is 0 Å². The number of hydrazone groups is 1. The number of carbonyl (C=O) groups excluding carboxylic acids is 1. The summed E-state index contributed by atoms with van der Waals surface area (Å²) < 4.78 is 0. The Morgan fingerprint density at radius 2 is 1.89 bits per heavy atom. The molecule has 0 bridgehead atoms. The second-order valence-electron chi connectivity index (χ2n) is 6.87. The minimum atomic E-state index is -0.220. The number of fused-ring (bicyclic) bond motifs is 1. The molecular weight excluding hydrogens is 334 g/mol. The third-order valence-corrected chi connectivity index (χ3v) is 5.14. The molecule has 1 unspecified atom stereocenters. The Hall–Kier alpha value is -3.14. The molecule has 1 heterocycles. The van der Waals surface area contributed by atoms with E-state index in [1.54, 1.807) is 18.3 Å². The van der Waals surface area contributed by atoms with Crippen LogP contribution in [0.2, 0.25) is 0 Å². The van der Waals surface area contributed by atoms with Gasteiger partial charge in [-0.1, -0.05) is 42.5 Å². The number of allylic oxidation sites excluding steroid dienone is 3. The van der Waals surface area contributed by atoms with E-state index in [1.165, 1.54) is 11.3 Å². The first-order valence-corrected chi connectivity index (χ1v) is 9.11. The van der Waals surface area contributed by atoms with Crippen molar-refractivity contribution in [3.05, 3.63) is 90.2 Å². The van der Waals surface area contributed by atoms with Crippen LogP contribution in [0.25, 0.3) is 0 Å². The van der Waals surface area contributed by atoms with Gasteiger partial charge in [0.05, 0.1) is 0 Å². The summed E-state index contributed by atoms with van der Waals surface area (Å²) in [6, 6.07) is 17.5. The standard InChI is InChI=1S/C23H25N3O/c1-4-5-16-23(2)19-13-9-10-14-20(19)26(3)21(23)15-17-24-25-22(27)18-11-7-6-8-12-18/h4,6-15,17H,1,5,16H2,2-3H3,(H,25,27)/b21-15-,24-17+. The van der Waals surface area contributed by atoms with Gasteiger partial charge < -0.3 is 4.90 Å². The number of benzene rings is 2. The molecule has 3 rings (SSSR count). The molecule has 138 valence electrons. The van der Waals surface area contributed by atoms with Gasteiger partial charge in [-0.25, -0.2) is 5.43 Å². The molecule has 1 atom stereocenters. The number of amides is 1. The SMILES string of the molecule is C=CCCC1(C)/C(=C/C=N/NC(=O)c2ccccc2)N(C)c2ccccc21. The van der Waals surface area contributed by atoms with Gasteiger partial charge in [0.15, 0.2) is 0 Å². The monoisotopic (exact) mass is 359 g/mol. The fourth-order valence-corrected chi connectivity index (χ4v) is 3.68. The quantitative estimate of drug-likeness (QED) is 0.463. The van der Waals surface area contributed by atoms with Crippen LogP contribution in [0.15, 0.2) is 84.1 Å². The molecule has 0 fully saturated rings. The zero-order valence-corrected chi connectivity index (χ0v) is 15.9. The molecule has 0 saturated carbocycles. The number of nitrogens with one attached hydrogen (secondary N) is 1. The number of likely N-dealkylation sites (N-methyl/N-ethyl adjacent to an activating group) is 1. The van der Waals surface area contributed by atoms with Crippen LogP contribution in [0.3, 0.4) is 0 Å². The Bertz CT molecular complexity index is 886. The maximum Gasteiger partial charge on any atom is 0.271 e. The molecule has 0 spiro atoms. The van der Waals surface area contributed by atoms with E-state index in [0.717, 1.165) is 18.5 Å². The summed E-state index contributed by atoms with van der Waals surface area (Å²) in [5.41, 5.74) is 6.72. The van der Waals surface area contributed by atoms with Gasteiger partial charge in [-0.3, -0.25) is 4.79 Å². The molecule has 4 heteroatoms. The smallest absolute Gasteiger partial charge is 0.271 e. The van der Waals surface area contributed by atoms with Crippen LogP contribution < -0.4 is 10.3 Å². The largest absolute Gasteiger partial charge is 0.347 e. The van der Waals surface area contributed by atoms with Crippen molar-refractivity contribution in [3.8, 4) is 0 Å². The zero-order valence-electron chi connectivity index (χ0n) is 15.9. The average molecular weight is 359 g/mol. The van der Waals surface area contributed by atoms with Crippen LogP contribution in [0.4, 0.5) is 5.69 Å². The van der Waals surface area contributed by atoms with E-state index < -0.39 is 0 Å². The summed E-state index contributed by atoms with van der Waals surface area (Å²) >= 11 is 0. The van der Waals surface area contributed by atoms with E-state index in [4.69, 9.17) is 0 Å². The minimum Gasteiger partial charge on any atom is -0.347 e. The number of carbonyl (C=O) groups is 1. The third kappa shape index (κ3) is 3.70. The van der Waals surface area contributed by atoms with E-state index in [0.29, 0.717) is 5.56 Å². The van der Waals surface area contributed by atoms with E-state index in [-0.39, 0.29) is 11.3 Å². The number of nitrogens with zero attached hydrogens (tertiary/aromatic N) is 2. The van der Waals surface area contributed by atoms with Gasteiger partial charge in [0.1, 0.15) is 0 Å². The molecule has 0 saturated heterocycles. The Labute approximate surface area is 160 Å². The van der Waals surface area contributed by atoms with Gasteiger partial charge >= 0.3 is 0 Å². The fourth-order valence-electron chi connectivity index (χ4n) is 3.68. The molecule has 1 aliphatic rings. The van der Waals surface area contributed by atoms with Crippen molar-refractivity contribution in [2.75, 3.05) is 11.9 Å². The van der Waals surface area contributed by atoms with Crippen molar-refractivity contribution >= 4 is 17.8 Å². The highest BCUT2D eigenvalue weighted by Crippen LogP contribution is 2.49.